The van der Waals surface area contributed by atoms with Crippen LogP contribution in [0, 0.1) is 0 Å². The van der Waals surface area contributed by atoms with Crippen LogP contribution in [0.4, 0.5) is 0 Å². The van der Waals surface area contributed by atoms with Crippen molar-refractivity contribution in [2.45, 2.75) is 38.2 Å². The molecule has 1 atom stereocenters. The van der Waals surface area contributed by atoms with E-state index < -0.39 is 0 Å². The summed E-state index contributed by atoms with van der Waals surface area (Å²) >= 11 is 0. The van der Waals surface area contributed by atoms with Gasteiger partial charge < -0.3 is 10.1 Å². The molecule has 1 aliphatic heterocycles. The molecule has 0 unspecified atom stereocenters. The molecule has 0 radical (unpaired) electrons. The molecule has 1 amide bonds. The van der Waals surface area contributed by atoms with Crippen molar-refractivity contribution in [3.05, 3.63) is 36.2 Å². The minimum atomic E-state index is 0.0414. The second-order valence-electron chi connectivity index (χ2n) is 5.76. The molecule has 1 saturated heterocycles. The van der Waals surface area contributed by atoms with Crippen LogP contribution in [0.25, 0.3) is 11.4 Å². The maximum absolute atomic E-state index is 11.9. The molecule has 6 nitrogen and oxygen atoms in total. The van der Waals surface area contributed by atoms with Gasteiger partial charge in [-0.05, 0) is 19.3 Å². The molecule has 122 valence electrons. The number of nitrogens with one attached hydrogen (secondary N) is 2. The molecule has 23 heavy (non-hydrogen) atoms. The molecule has 1 aromatic carbocycles. The highest BCUT2D eigenvalue weighted by molar-refractivity contribution is 5.76. The van der Waals surface area contributed by atoms with E-state index in [0.717, 1.165) is 37.3 Å². The van der Waals surface area contributed by atoms with E-state index in [1.165, 1.54) is 0 Å². The fourth-order valence-electron chi connectivity index (χ4n) is 2.69. The van der Waals surface area contributed by atoms with Gasteiger partial charge in [0.25, 0.3) is 0 Å². The highest BCUT2D eigenvalue weighted by Gasteiger charge is 2.17. The number of H-pyrrole nitrogens is 1. The van der Waals surface area contributed by atoms with Gasteiger partial charge in [0.15, 0.2) is 5.82 Å². The van der Waals surface area contributed by atoms with E-state index in [2.05, 4.69) is 20.5 Å². The first-order valence-electron chi connectivity index (χ1n) is 8.16. The molecular formula is C17H22N4O2. The van der Waals surface area contributed by atoms with Crippen molar-refractivity contribution in [2.75, 3.05) is 13.2 Å². The number of hydrogen-bond donors (Lipinski definition) is 2. The Morgan fingerprint density at radius 2 is 2.17 bits per heavy atom. The molecule has 0 saturated carbocycles. The van der Waals surface area contributed by atoms with Crippen molar-refractivity contribution in [2.24, 2.45) is 0 Å². The van der Waals surface area contributed by atoms with Crippen molar-refractivity contribution in [3.8, 4) is 11.4 Å². The van der Waals surface area contributed by atoms with Gasteiger partial charge in [-0.25, -0.2) is 4.98 Å². The van der Waals surface area contributed by atoms with E-state index in [9.17, 15) is 4.79 Å². The molecule has 1 aliphatic rings. The predicted molar refractivity (Wildman–Crippen MR) is 86.7 cm³/mol. The Morgan fingerprint density at radius 3 is 2.96 bits per heavy atom. The summed E-state index contributed by atoms with van der Waals surface area (Å²) in [6.45, 7) is 1.33. The molecule has 0 bridgehead atoms. The molecule has 0 spiro atoms. The smallest absolute Gasteiger partial charge is 0.222 e. The van der Waals surface area contributed by atoms with Gasteiger partial charge in [-0.15, -0.1) is 0 Å². The lowest BCUT2D eigenvalue weighted by Crippen LogP contribution is -2.31. The summed E-state index contributed by atoms with van der Waals surface area (Å²) < 4.78 is 5.58. The zero-order valence-corrected chi connectivity index (χ0v) is 13.1. The fraction of sp³-hybridized carbons (Fsp3) is 0.471. The number of aromatic nitrogens is 3. The summed E-state index contributed by atoms with van der Waals surface area (Å²) in [5.41, 5.74) is 0.980. The quantitative estimate of drug-likeness (QED) is 0.855. The highest BCUT2D eigenvalue weighted by atomic mass is 16.5. The van der Waals surface area contributed by atoms with Gasteiger partial charge >= 0.3 is 0 Å². The lowest BCUT2D eigenvalue weighted by Gasteiger charge is -2.21. The van der Waals surface area contributed by atoms with Crippen LogP contribution < -0.4 is 5.32 Å². The summed E-state index contributed by atoms with van der Waals surface area (Å²) in [5.74, 6) is 1.50. The van der Waals surface area contributed by atoms with Crippen molar-refractivity contribution in [1.82, 2.24) is 20.5 Å². The Morgan fingerprint density at radius 1 is 1.30 bits per heavy atom. The number of aromatic amines is 1. The van der Waals surface area contributed by atoms with Gasteiger partial charge in [-0.2, -0.15) is 5.10 Å². The third kappa shape index (κ3) is 4.63. The number of amides is 1. The second kappa shape index (κ2) is 7.87. The molecule has 2 N–H and O–H groups in total. The monoisotopic (exact) mass is 314 g/mol. The number of hydrogen-bond acceptors (Lipinski definition) is 4. The molecule has 0 aliphatic carbocycles. The van der Waals surface area contributed by atoms with Crippen LogP contribution >= 0.6 is 0 Å². The van der Waals surface area contributed by atoms with Crippen LogP contribution in [0.15, 0.2) is 30.3 Å². The van der Waals surface area contributed by atoms with Gasteiger partial charge in [0.05, 0.1) is 12.5 Å². The SMILES string of the molecule is O=C(C[C@H]1CCCCO1)NCCc1nc(-c2ccccc2)n[nH]1. The lowest BCUT2D eigenvalue weighted by atomic mass is 10.1. The average Bonchev–Trinajstić information content (AvgIpc) is 3.05. The summed E-state index contributed by atoms with van der Waals surface area (Å²) in [5, 5.41) is 10.1. The zero-order chi connectivity index (χ0) is 15.9. The van der Waals surface area contributed by atoms with E-state index >= 15 is 0 Å². The second-order valence-corrected chi connectivity index (χ2v) is 5.76. The Kier molecular flexibility index (Phi) is 5.37. The van der Waals surface area contributed by atoms with E-state index in [-0.39, 0.29) is 12.0 Å². The van der Waals surface area contributed by atoms with Crippen LogP contribution in [0.5, 0.6) is 0 Å². The van der Waals surface area contributed by atoms with Crippen molar-refractivity contribution >= 4 is 5.91 Å². The lowest BCUT2D eigenvalue weighted by molar-refractivity contribution is -0.124. The Labute approximate surface area is 135 Å². The van der Waals surface area contributed by atoms with Crippen molar-refractivity contribution in [3.63, 3.8) is 0 Å². The first kappa shape index (κ1) is 15.7. The topological polar surface area (TPSA) is 79.9 Å². The van der Waals surface area contributed by atoms with Crippen LogP contribution in [0.1, 0.15) is 31.5 Å². The minimum Gasteiger partial charge on any atom is -0.378 e. The standard InChI is InChI=1S/C17H22N4O2/c22-16(12-14-8-4-5-11-23-14)18-10-9-15-19-17(21-20-15)13-6-2-1-3-7-13/h1-3,6-7,14H,4-5,8-12H2,(H,18,22)(H,19,20,21)/t14-/m1/s1. The maximum atomic E-state index is 11.9. The molecule has 2 heterocycles. The summed E-state index contributed by atoms with van der Waals surface area (Å²) in [7, 11) is 0. The number of benzene rings is 1. The first-order valence-corrected chi connectivity index (χ1v) is 8.16. The summed E-state index contributed by atoms with van der Waals surface area (Å²) in [4.78, 5) is 16.3. The van der Waals surface area contributed by atoms with E-state index in [0.29, 0.717) is 25.2 Å². The van der Waals surface area contributed by atoms with E-state index in [1.54, 1.807) is 0 Å². The number of rotatable bonds is 6. The number of carbonyl (C=O) groups is 1. The molecule has 1 fully saturated rings. The van der Waals surface area contributed by atoms with Crippen molar-refractivity contribution < 1.29 is 9.53 Å². The average molecular weight is 314 g/mol. The molecular weight excluding hydrogens is 292 g/mol. The third-order valence-corrected chi connectivity index (χ3v) is 3.93. The number of ether oxygens (including phenoxy) is 1. The Bertz CT molecular complexity index is 621. The predicted octanol–water partition coefficient (Wildman–Crippen LogP) is 2.09. The van der Waals surface area contributed by atoms with Crippen LogP contribution in [-0.4, -0.2) is 40.3 Å². The largest absolute Gasteiger partial charge is 0.378 e. The van der Waals surface area contributed by atoms with Gasteiger partial charge in [-0.3, -0.25) is 9.89 Å². The highest BCUT2D eigenvalue weighted by Crippen LogP contribution is 2.15. The van der Waals surface area contributed by atoms with Gasteiger partial charge in [-0.1, -0.05) is 30.3 Å². The molecule has 6 heteroatoms. The van der Waals surface area contributed by atoms with E-state index in [4.69, 9.17) is 4.74 Å². The Balaban J connectivity index is 1.42. The third-order valence-electron chi connectivity index (χ3n) is 3.93. The zero-order valence-electron chi connectivity index (χ0n) is 13.1. The molecule has 2 aromatic rings. The van der Waals surface area contributed by atoms with Crippen LogP contribution in [0.3, 0.4) is 0 Å². The van der Waals surface area contributed by atoms with Gasteiger partial charge in [0, 0.05) is 25.1 Å². The molecule has 1 aromatic heterocycles. The van der Waals surface area contributed by atoms with Crippen molar-refractivity contribution in [1.29, 1.82) is 0 Å². The number of carbonyl (C=O) groups excluding carboxylic acids is 1. The Hall–Kier alpha value is -2.21. The normalized spacial score (nSPS) is 17.8. The molecule has 3 rings (SSSR count). The maximum Gasteiger partial charge on any atom is 0.222 e. The van der Waals surface area contributed by atoms with Gasteiger partial charge in [0.2, 0.25) is 5.91 Å². The summed E-state index contributed by atoms with van der Waals surface area (Å²) in [6.07, 6.45) is 4.41. The van der Waals surface area contributed by atoms with Crippen LogP contribution in [0.2, 0.25) is 0 Å². The fourth-order valence-corrected chi connectivity index (χ4v) is 2.69. The van der Waals surface area contributed by atoms with Gasteiger partial charge in [0.1, 0.15) is 5.82 Å². The van der Waals surface area contributed by atoms with E-state index in [1.807, 2.05) is 30.3 Å². The minimum absolute atomic E-state index is 0.0414. The first-order chi connectivity index (χ1) is 11.3. The number of nitrogens with zero attached hydrogens (tertiary/aromatic N) is 2. The summed E-state index contributed by atoms with van der Waals surface area (Å²) in [6, 6.07) is 9.82. The van der Waals surface area contributed by atoms with Crippen LogP contribution in [-0.2, 0) is 16.0 Å².